The van der Waals surface area contributed by atoms with Crippen molar-refractivity contribution >= 4 is 0 Å². The molecule has 2 heteroatoms. The second kappa shape index (κ2) is 4.28. The molecule has 0 aromatic rings. The maximum absolute atomic E-state index is 6.00. The lowest BCUT2D eigenvalue weighted by Crippen LogP contribution is -2.22. The predicted molar refractivity (Wildman–Crippen MR) is 58.1 cm³/mol. The SMILES string of the molecule is CC1CC2=CC=CC(C)(C)C2C1.OO. The molecule has 0 heterocycles. The largest absolute Gasteiger partial charge is 0.255 e. The minimum absolute atomic E-state index is 0.412. The van der Waals surface area contributed by atoms with Crippen molar-refractivity contribution in [2.75, 3.05) is 0 Å². The van der Waals surface area contributed by atoms with E-state index >= 15 is 0 Å². The van der Waals surface area contributed by atoms with E-state index in [0.717, 1.165) is 11.8 Å². The van der Waals surface area contributed by atoms with E-state index in [9.17, 15) is 0 Å². The van der Waals surface area contributed by atoms with Crippen molar-refractivity contribution in [3.8, 4) is 0 Å². The minimum atomic E-state index is 0.412. The van der Waals surface area contributed by atoms with Crippen LogP contribution < -0.4 is 0 Å². The van der Waals surface area contributed by atoms with Gasteiger partial charge in [0, 0.05) is 0 Å². The Morgan fingerprint density at radius 1 is 1.36 bits per heavy atom. The Morgan fingerprint density at radius 2 is 2.00 bits per heavy atom. The quantitative estimate of drug-likeness (QED) is 0.459. The number of rotatable bonds is 0. The molecule has 0 bridgehead atoms. The van der Waals surface area contributed by atoms with Gasteiger partial charge in [-0.3, -0.25) is 10.5 Å². The van der Waals surface area contributed by atoms with E-state index in [1.54, 1.807) is 5.57 Å². The maximum atomic E-state index is 6.00. The molecule has 0 radical (unpaired) electrons. The van der Waals surface area contributed by atoms with E-state index in [1.165, 1.54) is 12.8 Å². The molecule has 0 aliphatic heterocycles. The zero-order chi connectivity index (χ0) is 10.8. The Balaban J connectivity index is 0.000000461. The lowest BCUT2D eigenvalue weighted by atomic mass is 9.73. The van der Waals surface area contributed by atoms with Crippen molar-refractivity contribution in [1.82, 2.24) is 0 Å². The zero-order valence-electron chi connectivity index (χ0n) is 9.20. The predicted octanol–water partition coefficient (Wildman–Crippen LogP) is 3.57. The smallest absolute Gasteiger partial charge is 0.0106 e. The van der Waals surface area contributed by atoms with Crippen molar-refractivity contribution in [2.45, 2.75) is 33.6 Å². The van der Waals surface area contributed by atoms with Crippen LogP contribution >= 0.6 is 0 Å². The molecule has 1 saturated carbocycles. The third-order valence-corrected chi connectivity index (χ3v) is 3.40. The molecular formula is C12H20O2. The van der Waals surface area contributed by atoms with Gasteiger partial charge in [0.25, 0.3) is 0 Å². The fraction of sp³-hybridized carbons (Fsp3) is 0.667. The fourth-order valence-electron chi connectivity index (χ4n) is 2.68. The van der Waals surface area contributed by atoms with Gasteiger partial charge in [0.2, 0.25) is 0 Å². The lowest BCUT2D eigenvalue weighted by molar-refractivity contribution is -0.176. The summed E-state index contributed by atoms with van der Waals surface area (Å²) in [5, 5.41) is 12.0. The van der Waals surface area contributed by atoms with E-state index in [2.05, 4.69) is 39.0 Å². The van der Waals surface area contributed by atoms with Gasteiger partial charge in [-0.2, -0.15) is 0 Å². The van der Waals surface area contributed by atoms with Gasteiger partial charge in [-0.25, -0.2) is 0 Å². The van der Waals surface area contributed by atoms with Gasteiger partial charge in [0.05, 0.1) is 0 Å². The highest BCUT2D eigenvalue weighted by atomic mass is 17.0. The molecule has 0 aromatic heterocycles. The first-order chi connectivity index (χ1) is 6.59. The third-order valence-electron chi connectivity index (χ3n) is 3.40. The second-order valence-corrected chi connectivity index (χ2v) is 5.02. The highest BCUT2D eigenvalue weighted by Gasteiger charge is 2.37. The molecule has 0 saturated heterocycles. The summed E-state index contributed by atoms with van der Waals surface area (Å²) in [5.74, 6) is 1.73. The second-order valence-electron chi connectivity index (χ2n) is 5.02. The summed E-state index contributed by atoms with van der Waals surface area (Å²) >= 11 is 0. The highest BCUT2D eigenvalue weighted by molar-refractivity contribution is 5.29. The van der Waals surface area contributed by atoms with Crippen molar-refractivity contribution in [2.24, 2.45) is 17.3 Å². The van der Waals surface area contributed by atoms with Crippen LogP contribution in [0.5, 0.6) is 0 Å². The molecular weight excluding hydrogens is 176 g/mol. The summed E-state index contributed by atoms with van der Waals surface area (Å²) in [6, 6.07) is 0. The van der Waals surface area contributed by atoms with Crippen LogP contribution in [0.3, 0.4) is 0 Å². The Hall–Kier alpha value is -0.600. The van der Waals surface area contributed by atoms with E-state index in [4.69, 9.17) is 10.5 Å². The van der Waals surface area contributed by atoms with Gasteiger partial charge in [0.15, 0.2) is 0 Å². The molecule has 0 aromatic carbocycles. The summed E-state index contributed by atoms with van der Waals surface area (Å²) in [4.78, 5) is 0. The topological polar surface area (TPSA) is 40.5 Å². The zero-order valence-corrected chi connectivity index (χ0v) is 9.20. The van der Waals surface area contributed by atoms with E-state index in [1.807, 2.05) is 0 Å². The van der Waals surface area contributed by atoms with Crippen molar-refractivity contribution in [1.29, 1.82) is 0 Å². The molecule has 2 unspecified atom stereocenters. The van der Waals surface area contributed by atoms with Crippen molar-refractivity contribution in [3.05, 3.63) is 23.8 Å². The summed E-state index contributed by atoms with van der Waals surface area (Å²) in [6.07, 6.45) is 9.66. The lowest BCUT2D eigenvalue weighted by Gasteiger charge is -2.32. The number of hydrogen-bond acceptors (Lipinski definition) is 2. The number of allylic oxidation sites excluding steroid dienone is 4. The maximum Gasteiger partial charge on any atom is -0.0106 e. The molecule has 14 heavy (non-hydrogen) atoms. The molecule has 2 nitrogen and oxygen atoms in total. The Kier molecular flexibility index (Phi) is 3.51. The van der Waals surface area contributed by atoms with Gasteiger partial charge in [-0.15, -0.1) is 0 Å². The average Bonchev–Trinajstić information content (AvgIpc) is 2.50. The Labute approximate surface area is 85.9 Å². The summed E-state index contributed by atoms with van der Waals surface area (Å²) in [7, 11) is 0. The van der Waals surface area contributed by atoms with Crippen LogP contribution in [0.4, 0.5) is 0 Å². The van der Waals surface area contributed by atoms with Crippen molar-refractivity contribution in [3.63, 3.8) is 0 Å². The molecule has 2 atom stereocenters. The van der Waals surface area contributed by atoms with Crippen LogP contribution in [0, 0.1) is 17.3 Å². The summed E-state index contributed by atoms with van der Waals surface area (Å²) in [6.45, 7) is 7.09. The standard InChI is InChI=1S/C12H18.H2O2/c1-9-7-10-5-4-6-12(2,3)11(10)8-9;1-2/h4-6,9,11H,7-8H2,1-3H3;1-2H. The van der Waals surface area contributed by atoms with Crippen molar-refractivity contribution < 1.29 is 10.5 Å². The Morgan fingerprint density at radius 3 is 2.57 bits per heavy atom. The van der Waals surface area contributed by atoms with Crippen LogP contribution in [-0.4, -0.2) is 10.5 Å². The Bertz CT molecular complexity index is 251. The first-order valence-electron chi connectivity index (χ1n) is 5.18. The highest BCUT2D eigenvalue weighted by Crippen LogP contribution is 2.48. The average molecular weight is 196 g/mol. The number of hydrogen-bond donors (Lipinski definition) is 2. The van der Waals surface area contributed by atoms with Crippen LogP contribution in [0.15, 0.2) is 23.8 Å². The van der Waals surface area contributed by atoms with Crippen LogP contribution in [0.25, 0.3) is 0 Å². The molecule has 2 rings (SSSR count). The summed E-state index contributed by atoms with van der Waals surface area (Å²) in [5.41, 5.74) is 2.10. The molecule has 2 aliphatic rings. The van der Waals surface area contributed by atoms with Gasteiger partial charge < -0.3 is 0 Å². The summed E-state index contributed by atoms with van der Waals surface area (Å²) < 4.78 is 0. The first-order valence-corrected chi connectivity index (χ1v) is 5.18. The molecule has 0 spiro atoms. The van der Waals surface area contributed by atoms with Crippen LogP contribution in [0.2, 0.25) is 0 Å². The van der Waals surface area contributed by atoms with Gasteiger partial charge in [-0.05, 0) is 30.1 Å². The minimum Gasteiger partial charge on any atom is -0.255 e. The fourth-order valence-corrected chi connectivity index (χ4v) is 2.68. The molecule has 2 N–H and O–H groups in total. The monoisotopic (exact) mass is 196 g/mol. The third kappa shape index (κ3) is 2.07. The normalized spacial score (nSPS) is 32.8. The van der Waals surface area contributed by atoms with Gasteiger partial charge in [0.1, 0.15) is 0 Å². The van der Waals surface area contributed by atoms with Crippen LogP contribution in [0.1, 0.15) is 33.6 Å². The molecule has 1 fully saturated rings. The van der Waals surface area contributed by atoms with E-state index in [-0.39, 0.29) is 0 Å². The molecule has 80 valence electrons. The van der Waals surface area contributed by atoms with Gasteiger partial charge >= 0.3 is 0 Å². The first kappa shape index (κ1) is 11.5. The van der Waals surface area contributed by atoms with Crippen LogP contribution in [-0.2, 0) is 0 Å². The molecule has 2 aliphatic carbocycles. The van der Waals surface area contributed by atoms with E-state index < -0.39 is 0 Å². The van der Waals surface area contributed by atoms with Gasteiger partial charge in [-0.1, -0.05) is 44.6 Å². The molecule has 0 amide bonds. The van der Waals surface area contributed by atoms with E-state index in [0.29, 0.717) is 5.41 Å². The number of fused-ring (bicyclic) bond motifs is 1.